The van der Waals surface area contributed by atoms with Crippen LogP contribution < -0.4 is 0 Å². The van der Waals surface area contributed by atoms with Crippen LogP contribution in [0.25, 0.3) is 0 Å². The minimum atomic E-state index is -3.70. The van der Waals surface area contributed by atoms with E-state index in [4.69, 9.17) is 18.4 Å². The highest BCUT2D eigenvalue weighted by Crippen LogP contribution is 2.38. The monoisotopic (exact) mass is 484 g/mol. The molecule has 186 valence electrons. The summed E-state index contributed by atoms with van der Waals surface area (Å²) >= 11 is 0. The van der Waals surface area contributed by atoms with Crippen LogP contribution in [0.1, 0.15) is 48.9 Å². The van der Waals surface area contributed by atoms with Gasteiger partial charge in [-0.15, -0.1) is 0 Å². The molecule has 2 aliphatic rings. The molecule has 0 bridgehead atoms. The summed E-state index contributed by atoms with van der Waals surface area (Å²) in [5.41, 5.74) is 1.70. The lowest BCUT2D eigenvalue weighted by Gasteiger charge is -2.54. The minimum absolute atomic E-state index is 0.00227. The van der Waals surface area contributed by atoms with Gasteiger partial charge < -0.3 is 19.1 Å². The summed E-state index contributed by atoms with van der Waals surface area (Å²) < 4.78 is 44.4. The predicted octanol–water partition coefficient (Wildman–Crippen LogP) is 2.21. The minimum Gasteiger partial charge on any atom is -0.364 e. The average Bonchev–Trinajstić information content (AvgIpc) is 3.59. The van der Waals surface area contributed by atoms with Crippen molar-refractivity contribution in [3.63, 3.8) is 0 Å². The third kappa shape index (κ3) is 6.73. The van der Waals surface area contributed by atoms with Crippen molar-refractivity contribution in [1.82, 2.24) is 9.88 Å². The van der Waals surface area contributed by atoms with Gasteiger partial charge in [0.2, 0.25) is 0 Å². The van der Waals surface area contributed by atoms with Crippen molar-refractivity contribution < 1.29 is 31.6 Å². The van der Waals surface area contributed by atoms with E-state index in [1.165, 1.54) is 50.4 Å². The summed E-state index contributed by atoms with van der Waals surface area (Å²) in [6, 6.07) is 1.37. The number of carbonyl (C=O) groups is 1. The largest absolute Gasteiger partial charge is 0.364 e. The zero-order chi connectivity index (χ0) is 24.1. The Kier molecular flexibility index (Phi) is 8.85. The topological polar surface area (TPSA) is 104 Å². The van der Waals surface area contributed by atoms with Crippen molar-refractivity contribution in [2.75, 3.05) is 40.6 Å². The summed E-state index contributed by atoms with van der Waals surface area (Å²) in [4.78, 5) is 19.1. The number of aryl methyl sites for hydroxylation is 2. The molecule has 1 aliphatic carbocycles. The van der Waals surface area contributed by atoms with Gasteiger partial charge >= 0.3 is 0 Å². The number of likely N-dealkylation sites (tertiary alicyclic amines) is 1. The predicted molar refractivity (Wildman–Crippen MR) is 122 cm³/mol. The SMILES string of the molecule is COCO[C@@]1(Cc2cc(CCCCC3CC3)c(C)cn2)C(=O)N(COC)[C@H]1COS(C)(=O)=O. The van der Waals surface area contributed by atoms with E-state index in [0.717, 1.165) is 30.6 Å². The van der Waals surface area contributed by atoms with E-state index in [0.29, 0.717) is 5.69 Å². The number of pyridine rings is 1. The average molecular weight is 485 g/mol. The third-order valence-corrected chi connectivity index (χ3v) is 6.96. The van der Waals surface area contributed by atoms with Crippen LogP contribution in [0.15, 0.2) is 12.3 Å². The Bertz CT molecular complexity index is 919. The summed E-state index contributed by atoms with van der Waals surface area (Å²) in [5.74, 6) is 0.625. The Morgan fingerprint density at radius 1 is 1.21 bits per heavy atom. The van der Waals surface area contributed by atoms with Crippen LogP contribution in [-0.4, -0.2) is 76.5 Å². The van der Waals surface area contributed by atoms with Crippen molar-refractivity contribution in [2.24, 2.45) is 5.92 Å². The second-order valence-electron chi connectivity index (χ2n) is 9.11. The highest BCUT2D eigenvalue weighted by Gasteiger charge is 2.62. The second-order valence-corrected chi connectivity index (χ2v) is 10.7. The number of nitrogens with zero attached hydrogens (tertiary/aromatic N) is 2. The van der Waals surface area contributed by atoms with E-state index in [-0.39, 0.29) is 32.5 Å². The number of unbranched alkanes of at least 4 members (excludes halogenated alkanes) is 1. The fourth-order valence-electron chi connectivity index (χ4n) is 4.38. The van der Waals surface area contributed by atoms with E-state index in [9.17, 15) is 13.2 Å². The van der Waals surface area contributed by atoms with Crippen molar-refractivity contribution in [1.29, 1.82) is 0 Å². The standard InChI is InChI=1S/C23H36N2O7S/c1-17-13-24-20(11-19(17)8-6-5-7-18-9-10-18)12-23(31-16-30-3)21(14-32-33(4,27)28)25(15-29-2)22(23)26/h11,13,18,21H,5-10,12,14-16H2,1-4H3/t21-,23+/m0/s1. The van der Waals surface area contributed by atoms with Gasteiger partial charge in [0.05, 0.1) is 18.9 Å². The first kappa shape index (κ1) is 26.0. The number of methoxy groups -OCH3 is 2. The van der Waals surface area contributed by atoms with Gasteiger partial charge in [-0.3, -0.25) is 14.0 Å². The number of hydrogen-bond acceptors (Lipinski definition) is 8. The Balaban J connectivity index is 1.78. The molecular formula is C23H36N2O7S. The Morgan fingerprint density at radius 3 is 2.61 bits per heavy atom. The molecule has 1 aromatic rings. The maximum atomic E-state index is 13.2. The van der Waals surface area contributed by atoms with E-state index >= 15 is 0 Å². The molecule has 10 heteroatoms. The molecule has 2 fully saturated rings. The number of rotatable bonds is 15. The molecule has 1 saturated carbocycles. The molecule has 9 nitrogen and oxygen atoms in total. The molecule has 3 rings (SSSR count). The van der Waals surface area contributed by atoms with Gasteiger partial charge in [0.1, 0.15) is 13.5 Å². The highest BCUT2D eigenvalue weighted by atomic mass is 32.2. The summed E-state index contributed by atoms with van der Waals surface area (Å²) in [6.45, 7) is 1.68. The summed E-state index contributed by atoms with van der Waals surface area (Å²) in [7, 11) is -0.768. The van der Waals surface area contributed by atoms with E-state index in [1.807, 2.05) is 19.2 Å². The second kappa shape index (κ2) is 11.2. The maximum Gasteiger partial charge on any atom is 0.264 e. The van der Waals surface area contributed by atoms with Crippen LogP contribution in [0.5, 0.6) is 0 Å². The zero-order valence-electron chi connectivity index (χ0n) is 20.0. The molecule has 0 spiro atoms. The lowest BCUT2D eigenvalue weighted by Crippen LogP contribution is -2.77. The molecule has 0 aromatic carbocycles. The molecule has 2 atom stereocenters. The van der Waals surface area contributed by atoms with Gasteiger partial charge in [-0.05, 0) is 42.9 Å². The van der Waals surface area contributed by atoms with Gasteiger partial charge in [0.25, 0.3) is 16.0 Å². The fourth-order valence-corrected chi connectivity index (χ4v) is 4.76. The van der Waals surface area contributed by atoms with Crippen LogP contribution in [0, 0.1) is 12.8 Å². The van der Waals surface area contributed by atoms with Gasteiger partial charge in [-0.25, -0.2) is 0 Å². The van der Waals surface area contributed by atoms with Crippen LogP contribution in [-0.2, 0) is 46.1 Å². The number of carbonyl (C=O) groups excluding carboxylic acids is 1. The quantitative estimate of drug-likeness (QED) is 0.162. The van der Waals surface area contributed by atoms with Crippen molar-refractivity contribution in [2.45, 2.75) is 63.5 Å². The molecule has 1 saturated heterocycles. The molecule has 0 radical (unpaired) electrons. The molecule has 33 heavy (non-hydrogen) atoms. The number of β-lactam (4-membered cyclic amide) rings is 1. The van der Waals surface area contributed by atoms with E-state index < -0.39 is 21.8 Å². The molecule has 0 N–H and O–H groups in total. The lowest BCUT2D eigenvalue weighted by molar-refractivity contribution is -0.236. The maximum absolute atomic E-state index is 13.2. The van der Waals surface area contributed by atoms with Crippen LogP contribution in [0.4, 0.5) is 0 Å². The number of hydrogen-bond donors (Lipinski definition) is 0. The highest BCUT2D eigenvalue weighted by molar-refractivity contribution is 7.85. The first-order valence-electron chi connectivity index (χ1n) is 11.4. The third-order valence-electron chi connectivity index (χ3n) is 6.40. The molecular weight excluding hydrogens is 448 g/mol. The number of aromatic nitrogens is 1. The smallest absolute Gasteiger partial charge is 0.264 e. The first-order valence-corrected chi connectivity index (χ1v) is 13.2. The Morgan fingerprint density at radius 2 is 1.97 bits per heavy atom. The van der Waals surface area contributed by atoms with Crippen LogP contribution >= 0.6 is 0 Å². The molecule has 1 aromatic heterocycles. The lowest BCUT2D eigenvalue weighted by atomic mass is 9.78. The fraction of sp³-hybridized carbons (Fsp3) is 0.739. The van der Waals surface area contributed by atoms with Crippen molar-refractivity contribution in [3.8, 4) is 0 Å². The number of amides is 1. The Hall–Kier alpha value is -1.59. The molecule has 1 amide bonds. The first-order chi connectivity index (χ1) is 15.7. The van der Waals surface area contributed by atoms with Gasteiger partial charge in [0.15, 0.2) is 5.60 Å². The van der Waals surface area contributed by atoms with Crippen LogP contribution in [0.3, 0.4) is 0 Å². The van der Waals surface area contributed by atoms with Gasteiger partial charge in [-0.2, -0.15) is 8.42 Å². The van der Waals surface area contributed by atoms with Crippen molar-refractivity contribution >= 4 is 16.0 Å². The molecule has 2 heterocycles. The zero-order valence-corrected chi connectivity index (χ0v) is 20.9. The van der Waals surface area contributed by atoms with Crippen molar-refractivity contribution in [3.05, 3.63) is 29.1 Å². The van der Waals surface area contributed by atoms with Crippen LogP contribution in [0.2, 0.25) is 0 Å². The number of ether oxygens (including phenoxy) is 3. The van der Waals surface area contributed by atoms with Gasteiger partial charge in [0, 0.05) is 32.5 Å². The molecule has 0 unspecified atom stereocenters. The summed E-state index contributed by atoms with van der Waals surface area (Å²) in [5, 5.41) is 0. The molecule has 1 aliphatic heterocycles. The van der Waals surface area contributed by atoms with E-state index in [1.54, 1.807) is 0 Å². The normalized spacial score (nSPS) is 23.1. The van der Waals surface area contributed by atoms with Gasteiger partial charge in [-0.1, -0.05) is 25.7 Å². The Labute approximate surface area is 196 Å². The summed E-state index contributed by atoms with van der Waals surface area (Å²) in [6.07, 6.45) is 10.3. The van der Waals surface area contributed by atoms with E-state index in [2.05, 4.69) is 4.98 Å².